The first-order valence-electron chi connectivity index (χ1n) is 7.61. The molecule has 15 nitrogen and oxygen atoms in total. The fourth-order valence-corrected chi connectivity index (χ4v) is 2.53. The van der Waals surface area contributed by atoms with Crippen LogP contribution in [-0.4, -0.2) is 65.4 Å². The van der Waals surface area contributed by atoms with Gasteiger partial charge < -0.3 is 17.2 Å². The molecule has 0 atom stereocenters. The third-order valence-corrected chi connectivity index (χ3v) is 4.62. The Balaban J connectivity index is 0.00000900. The van der Waals surface area contributed by atoms with E-state index in [0.717, 1.165) is 35.3 Å². The molecule has 12 N–H and O–H groups in total. The number of hydrogen-bond donors (Lipinski definition) is 9. The average Bonchev–Trinajstić information content (AvgIpc) is 2.63. The highest BCUT2D eigenvalue weighted by Crippen LogP contribution is 2.12. The van der Waals surface area contributed by atoms with Crippen LogP contribution < -0.4 is 33.2 Å². The molecule has 0 unspecified atom stereocenters. The van der Waals surface area contributed by atoms with Crippen molar-refractivity contribution in [2.24, 2.45) is 17.2 Å². The van der Waals surface area contributed by atoms with Crippen molar-refractivity contribution in [3.63, 3.8) is 0 Å². The molecule has 1 aromatic heterocycles. The van der Waals surface area contributed by atoms with Crippen molar-refractivity contribution in [1.29, 1.82) is 16.2 Å². The number of amides is 3. The van der Waals surface area contributed by atoms with E-state index >= 15 is 0 Å². The highest BCUT2D eigenvalue weighted by Gasteiger charge is 2.14. The zero-order chi connectivity index (χ0) is 22.7. The first-order valence-corrected chi connectivity index (χ1v) is 10.6. The molecule has 3 amide bonds. The Bertz CT molecular complexity index is 749. The minimum atomic E-state index is -0.588. The first kappa shape index (κ1) is 28.2. The quantitative estimate of drug-likeness (QED) is 0.143. The summed E-state index contributed by atoms with van der Waals surface area (Å²) in [6, 6.07) is 0. The number of carbonyl (C=O) groups is 3. The molecule has 1 heterocycles. The van der Waals surface area contributed by atoms with E-state index in [9.17, 15) is 14.4 Å². The summed E-state index contributed by atoms with van der Waals surface area (Å²) in [5, 5.41) is 27.5. The minimum Gasteiger partial charge on any atom is -0.379 e. The predicted octanol–water partition coefficient (Wildman–Crippen LogP) is -1.01. The molecule has 31 heavy (non-hydrogen) atoms. The maximum Gasteiger partial charge on any atom is 0.237 e. The van der Waals surface area contributed by atoms with E-state index in [0.29, 0.717) is 0 Å². The Morgan fingerprint density at radius 1 is 0.645 bits per heavy atom. The lowest BCUT2D eigenvalue weighted by molar-refractivity contribution is -0.114. The number of nitrogens with zero attached hydrogens (tertiary/aromatic N) is 3. The van der Waals surface area contributed by atoms with Gasteiger partial charge >= 0.3 is 0 Å². The Labute approximate surface area is 194 Å². The minimum absolute atomic E-state index is 0. The zero-order valence-corrected chi connectivity index (χ0v) is 18.8. The molecule has 0 bridgehead atoms. The summed E-state index contributed by atoms with van der Waals surface area (Å²) < 4.78 is 0. The van der Waals surface area contributed by atoms with Crippen LogP contribution in [0.2, 0.25) is 0 Å². The van der Waals surface area contributed by atoms with E-state index in [1.807, 2.05) is 0 Å². The second-order valence-corrected chi connectivity index (χ2v) is 7.96. The summed E-state index contributed by atoms with van der Waals surface area (Å²) in [7, 11) is 0. The van der Waals surface area contributed by atoms with Gasteiger partial charge in [0, 0.05) is 0 Å². The normalized spacial score (nSPS) is 9.68. The maximum absolute atomic E-state index is 11.9. The lowest BCUT2D eigenvalue weighted by Crippen LogP contribution is -2.24. The van der Waals surface area contributed by atoms with Crippen molar-refractivity contribution in [2.45, 2.75) is 0 Å². The van der Waals surface area contributed by atoms with Crippen LogP contribution in [0.1, 0.15) is 0 Å². The fraction of sp³-hybridized carbons (Fsp3) is 0.250. The monoisotopic (exact) mass is 510 g/mol. The molecular weight excluding hydrogens is 492 g/mol. The largest absolute Gasteiger partial charge is 0.379 e. The van der Waals surface area contributed by atoms with Crippen LogP contribution >= 0.6 is 47.7 Å². The number of amidine groups is 3. The molecule has 1 rings (SSSR count). The number of nitrogens with one attached hydrogen (secondary N) is 6. The first-order chi connectivity index (χ1) is 14.0. The summed E-state index contributed by atoms with van der Waals surface area (Å²) in [6.45, 7) is 0. The van der Waals surface area contributed by atoms with Gasteiger partial charge in [-0.15, -0.1) is 12.4 Å². The van der Waals surface area contributed by atoms with E-state index in [1.165, 1.54) is 0 Å². The number of aromatic nitrogens is 3. The van der Waals surface area contributed by atoms with Gasteiger partial charge in [0.1, 0.15) is 0 Å². The number of anilines is 3. The summed E-state index contributed by atoms with van der Waals surface area (Å²) >= 11 is 2.33. The van der Waals surface area contributed by atoms with Crippen molar-refractivity contribution in [3.8, 4) is 0 Å². The van der Waals surface area contributed by atoms with Gasteiger partial charge in [0.15, 0.2) is 15.5 Å². The number of thioether (sulfide) groups is 3. The molecule has 19 heteroatoms. The smallest absolute Gasteiger partial charge is 0.237 e. The van der Waals surface area contributed by atoms with Crippen LogP contribution in [-0.2, 0) is 14.4 Å². The predicted molar refractivity (Wildman–Crippen MR) is 126 cm³/mol. The van der Waals surface area contributed by atoms with E-state index in [-0.39, 0.29) is 63.0 Å². The van der Waals surface area contributed by atoms with Gasteiger partial charge in [-0.1, -0.05) is 35.3 Å². The van der Waals surface area contributed by atoms with Crippen LogP contribution in [0, 0.1) is 16.2 Å². The van der Waals surface area contributed by atoms with Crippen molar-refractivity contribution >= 4 is 98.8 Å². The van der Waals surface area contributed by atoms with Gasteiger partial charge in [-0.3, -0.25) is 46.6 Å². The molecule has 0 saturated heterocycles. The van der Waals surface area contributed by atoms with Crippen LogP contribution in [0.25, 0.3) is 0 Å². The third-order valence-electron chi connectivity index (χ3n) is 2.47. The molecule has 0 saturated carbocycles. The molecular formula is C12H19ClN12O3S3. The van der Waals surface area contributed by atoms with Crippen LogP contribution in [0.5, 0.6) is 0 Å². The average molecular weight is 511 g/mol. The number of nitrogens with two attached hydrogens (primary N) is 3. The van der Waals surface area contributed by atoms with E-state index in [1.54, 1.807) is 0 Å². The standard InChI is InChI=1S/C12H18N12O3S3.ClH/c13-7(14)28-1-4(25)19-10-22-11(20-5(26)2-29-8(15)16)24-12(23-10)21-6(27)3-30-9(17)18;/h1-3H2,(H3,13,14)(H3,15,16)(H3,17,18)(H3,19,20,21,22,23,24,25,26,27);1H. The molecule has 170 valence electrons. The van der Waals surface area contributed by atoms with Crippen molar-refractivity contribution in [1.82, 2.24) is 15.0 Å². The summed E-state index contributed by atoms with van der Waals surface area (Å²) in [6.07, 6.45) is 0. The van der Waals surface area contributed by atoms with Crippen molar-refractivity contribution < 1.29 is 14.4 Å². The molecule has 0 aliphatic carbocycles. The molecule has 0 fully saturated rings. The molecule has 0 aliphatic heterocycles. The maximum atomic E-state index is 11.9. The zero-order valence-electron chi connectivity index (χ0n) is 15.6. The van der Waals surface area contributed by atoms with Gasteiger partial charge in [0.05, 0.1) is 17.3 Å². The third kappa shape index (κ3) is 13.2. The number of carbonyl (C=O) groups excluding carboxylic acids is 3. The van der Waals surface area contributed by atoms with Gasteiger partial charge in [0.25, 0.3) is 0 Å². The molecule has 0 aromatic carbocycles. The number of halogens is 1. The topological polar surface area (TPSA) is 276 Å². The summed E-state index contributed by atoms with van der Waals surface area (Å²) in [4.78, 5) is 47.3. The SMILES string of the molecule is Cl.N=C(N)SCC(=O)Nc1nc(NC(=O)CSC(=N)N)nc(NC(=O)CSC(=N)N)n1. The van der Waals surface area contributed by atoms with Gasteiger partial charge in [0.2, 0.25) is 35.6 Å². The summed E-state index contributed by atoms with van der Waals surface area (Å²) in [5.41, 5.74) is 15.5. The number of rotatable bonds is 9. The van der Waals surface area contributed by atoms with Crippen molar-refractivity contribution in [3.05, 3.63) is 0 Å². The highest BCUT2D eigenvalue weighted by atomic mass is 35.5. The second-order valence-electron chi connectivity index (χ2n) is 4.91. The molecule has 0 radical (unpaired) electrons. The highest BCUT2D eigenvalue weighted by molar-refractivity contribution is 8.14. The molecule has 0 spiro atoms. The van der Waals surface area contributed by atoms with Gasteiger partial charge in [-0.25, -0.2) is 0 Å². The fourth-order valence-electron chi connectivity index (χ4n) is 1.46. The van der Waals surface area contributed by atoms with E-state index in [4.69, 9.17) is 33.4 Å². The van der Waals surface area contributed by atoms with Crippen LogP contribution in [0.3, 0.4) is 0 Å². The Kier molecular flexibility index (Phi) is 12.9. The van der Waals surface area contributed by atoms with Crippen molar-refractivity contribution in [2.75, 3.05) is 33.2 Å². The second kappa shape index (κ2) is 14.2. The van der Waals surface area contributed by atoms with E-state index < -0.39 is 17.7 Å². The van der Waals surface area contributed by atoms with Gasteiger partial charge in [-0.2, -0.15) is 15.0 Å². The summed E-state index contributed by atoms with van der Waals surface area (Å²) in [5.74, 6) is -3.14. The van der Waals surface area contributed by atoms with Crippen LogP contribution in [0.4, 0.5) is 17.8 Å². The lowest BCUT2D eigenvalue weighted by atomic mass is 10.6. The number of hydrogen-bond acceptors (Lipinski definition) is 12. The molecule has 0 aliphatic rings. The Morgan fingerprint density at radius 3 is 1.06 bits per heavy atom. The Hall–Kier alpha value is -2.83. The van der Waals surface area contributed by atoms with E-state index in [2.05, 4.69) is 30.9 Å². The molecule has 1 aromatic rings. The van der Waals surface area contributed by atoms with Gasteiger partial charge in [-0.05, 0) is 0 Å². The van der Waals surface area contributed by atoms with Crippen LogP contribution in [0.15, 0.2) is 0 Å². The lowest BCUT2D eigenvalue weighted by Gasteiger charge is -2.09. The Morgan fingerprint density at radius 2 is 0.871 bits per heavy atom.